The number of piperidine rings is 1. The van der Waals surface area contributed by atoms with Crippen molar-refractivity contribution in [2.45, 2.75) is 19.3 Å². The zero-order valence-corrected chi connectivity index (χ0v) is 12.3. The van der Waals surface area contributed by atoms with Gasteiger partial charge in [-0.05, 0) is 30.4 Å². The Balaban J connectivity index is 0.00000147. The minimum atomic E-state index is 0. The third-order valence-corrected chi connectivity index (χ3v) is 3.62. The highest BCUT2D eigenvalue weighted by molar-refractivity contribution is 5.85. The molecule has 1 aliphatic heterocycles. The van der Waals surface area contributed by atoms with Crippen LogP contribution in [0.4, 0.5) is 0 Å². The minimum absolute atomic E-state index is 0. The molecule has 1 nitrogen and oxygen atoms in total. The zero-order chi connectivity index (χ0) is 12.9. The fourth-order valence-electron chi connectivity index (χ4n) is 2.69. The topological polar surface area (TPSA) is 12.0 Å². The first-order valence-electron chi connectivity index (χ1n) is 7.03. The summed E-state index contributed by atoms with van der Waals surface area (Å²) in [4.78, 5) is 0. The maximum atomic E-state index is 3.60. The fraction of sp³-hybridized carbons (Fsp3) is 0.222. The van der Waals surface area contributed by atoms with Gasteiger partial charge in [0.15, 0.2) is 0 Å². The molecule has 2 aromatic rings. The highest BCUT2D eigenvalue weighted by Gasteiger charge is 2.13. The molecule has 2 aromatic carbocycles. The molecule has 0 aromatic heterocycles. The van der Waals surface area contributed by atoms with Gasteiger partial charge in [0, 0.05) is 17.8 Å². The first-order valence-corrected chi connectivity index (χ1v) is 7.03. The predicted molar refractivity (Wildman–Crippen MR) is 88.0 cm³/mol. The predicted octanol–water partition coefficient (Wildman–Crippen LogP) is 4.64. The van der Waals surface area contributed by atoms with Crippen molar-refractivity contribution in [3.8, 4) is 0 Å². The van der Waals surface area contributed by atoms with Gasteiger partial charge in [-0.15, -0.1) is 12.4 Å². The molecule has 1 N–H and O–H groups in total. The van der Waals surface area contributed by atoms with Crippen molar-refractivity contribution < 1.29 is 0 Å². The standard InChI is InChI=1S/C18H19N.ClH/c1-3-9-15(10-4-1)18(16-11-5-2-6-12-16)17-13-7-8-14-19-17;/h1-6,9-12,19H,7-8,13-14H2;1H. The van der Waals surface area contributed by atoms with Gasteiger partial charge in [-0.2, -0.15) is 0 Å². The molecule has 0 bridgehead atoms. The number of rotatable bonds is 2. The average molecular weight is 286 g/mol. The van der Waals surface area contributed by atoms with E-state index in [0.717, 1.165) is 13.0 Å². The van der Waals surface area contributed by atoms with Crippen LogP contribution in [-0.2, 0) is 0 Å². The van der Waals surface area contributed by atoms with Crippen LogP contribution < -0.4 is 5.32 Å². The van der Waals surface area contributed by atoms with Crippen molar-refractivity contribution in [3.63, 3.8) is 0 Å². The van der Waals surface area contributed by atoms with Gasteiger partial charge in [-0.25, -0.2) is 0 Å². The largest absolute Gasteiger partial charge is 0.388 e. The number of benzene rings is 2. The Morgan fingerprint density at radius 3 is 1.75 bits per heavy atom. The lowest BCUT2D eigenvalue weighted by atomic mass is 9.93. The molecule has 2 heteroatoms. The first kappa shape index (κ1) is 14.7. The van der Waals surface area contributed by atoms with Crippen molar-refractivity contribution in [1.82, 2.24) is 5.32 Å². The minimum Gasteiger partial charge on any atom is -0.388 e. The van der Waals surface area contributed by atoms with Crippen molar-refractivity contribution >= 4 is 18.0 Å². The van der Waals surface area contributed by atoms with E-state index in [1.165, 1.54) is 35.2 Å². The number of allylic oxidation sites excluding steroid dienone is 1. The molecule has 1 fully saturated rings. The van der Waals surface area contributed by atoms with Gasteiger partial charge in [-0.3, -0.25) is 0 Å². The summed E-state index contributed by atoms with van der Waals surface area (Å²) in [6.45, 7) is 1.10. The molecule has 20 heavy (non-hydrogen) atoms. The normalized spacial score (nSPS) is 14.1. The Bertz CT molecular complexity index is 511. The number of halogens is 1. The molecular weight excluding hydrogens is 266 g/mol. The average Bonchev–Trinajstić information content (AvgIpc) is 2.51. The van der Waals surface area contributed by atoms with Crippen LogP contribution in [0.15, 0.2) is 66.4 Å². The summed E-state index contributed by atoms with van der Waals surface area (Å²) in [7, 11) is 0. The molecule has 0 saturated carbocycles. The summed E-state index contributed by atoms with van der Waals surface area (Å²) in [5, 5.41) is 3.60. The second-order valence-electron chi connectivity index (χ2n) is 4.97. The van der Waals surface area contributed by atoms with Gasteiger partial charge in [0.1, 0.15) is 0 Å². The summed E-state index contributed by atoms with van der Waals surface area (Å²) >= 11 is 0. The van der Waals surface area contributed by atoms with Crippen molar-refractivity contribution in [2.24, 2.45) is 0 Å². The Morgan fingerprint density at radius 1 is 0.750 bits per heavy atom. The molecular formula is C18H20ClN. The van der Waals surface area contributed by atoms with Gasteiger partial charge in [-0.1, -0.05) is 60.7 Å². The van der Waals surface area contributed by atoms with Crippen LogP contribution >= 0.6 is 12.4 Å². The van der Waals surface area contributed by atoms with Crippen LogP contribution in [0.5, 0.6) is 0 Å². The van der Waals surface area contributed by atoms with Crippen molar-refractivity contribution in [3.05, 3.63) is 77.5 Å². The second-order valence-corrected chi connectivity index (χ2v) is 4.97. The first-order chi connectivity index (χ1) is 9.45. The van der Waals surface area contributed by atoms with Gasteiger partial charge in [0.05, 0.1) is 0 Å². The summed E-state index contributed by atoms with van der Waals surface area (Å²) < 4.78 is 0. The molecule has 1 saturated heterocycles. The molecule has 0 spiro atoms. The van der Waals surface area contributed by atoms with Gasteiger partial charge >= 0.3 is 0 Å². The van der Waals surface area contributed by atoms with E-state index in [0.29, 0.717) is 0 Å². The lowest BCUT2D eigenvalue weighted by molar-refractivity contribution is 0.590. The summed E-state index contributed by atoms with van der Waals surface area (Å²) in [5.41, 5.74) is 5.36. The van der Waals surface area contributed by atoms with E-state index in [1.807, 2.05) is 0 Å². The summed E-state index contributed by atoms with van der Waals surface area (Å²) in [5.74, 6) is 0. The SMILES string of the molecule is Cl.c1ccc(C(=C2CCCCN2)c2ccccc2)cc1. The van der Waals surface area contributed by atoms with Crippen LogP contribution in [0, 0.1) is 0 Å². The van der Waals surface area contributed by atoms with E-state index in [2.05, 4.69) is 66.0 Å². The highest BCUT2D eigenvalue weighted by Crippen LogP contribution is 2.29. The number of hydrogen-bond acceptors (Lipinski definition) is 1. The molecule has 104 valence electrons. The van der Waals surface area contributed by atoms with Gasteiger partial charge < -0.3 is 5.32 Å². The van der Waals surface area contributed by atoms with E-state index < -0.39 is 0 Å². The molecule has 0 aliphatic carbocycles. The monoisotopic (exact) mass is 285 g/mol. The molecule has 0 radical (unpaired) electrons. The Labute approximate surface area is 127 Å². The Morgan fingerprint density at radius 2 is 1.30 bits per heavy atom. The van der Waals surface area contributed by atoms with E-state index in [-0.39, 0.29) is 12.4 Å². The van der Waals surface area contributed by atoms with Crippen LogP contribution in [0.25, 0.3) is 5.57 Å². The quantitative estimate of drug-likeness (QED) is 0.847. The van der Waals surface area contributed by atoms with Crippen molar-refractivity contribution in [1.29, 1.82) is 0 Å². The number of nitrogens with one attached hydrogen (secondary N) is 1. The zero-order valence-electron chi connectivity index (χ0n) is 11.5. The van der Waals surface area contributed by atoms with Gasteiger partial charge in [0.25, 0.3) is 0 Å². The fourth-order valence-corrected chi connectivity index (χ4v) is 2.69. The third-order valence-electron chi connectivity index (χ3n) is 3.62. The van der Waals surface area contributed by atoms with Crippen LogP contribution in [0.1, 0.15) is 30.4 Å². The highest BCUT2D eigenvalue weighted by atomic mass is 35.5. The molecule has 0 atom stereocenters. The van der Waals surface area contributed by atoms with Gasteiger partial charge in [0.2, 0.25) is 0 Å². The summed E-state index contributed by atoms with van der Waals surface area (Å²) in [6, 6.07) is 21.4. The van der Waals surface area contributed by atoms with Crippen molar-refractivity contribution in [2.75, 3.05) is 6.54 Å². The third kappa shape index (κ3) is 3.23. The molecule has 1 heterocycles. The molecule has 0 unspecified atom stereocenters. The Kier molecular flexibility index (Phi) is 5.25. The van der Waals surface area contributed by atoms with E-state index in [1.54, 1.807) is 0 Å². The molecule has 3 rings (SSSR count). The number of hydrogen-bond donors (Lipinski definition) is 1. The van der Waals surface area contributed by atoms with E-state index >= 15 is 0 Å². The van der Waals surface area contributed by atoms with Crippen LogP contribution in [-0.4, -0.2) is 6.54 Å². The second kappa shape index (κ2) is 7.16. The smallest absolute Gasteiger partial charge is 0.0192 e. The lowest BCUT2D eigenvalue weighted by Gasteiger charge is -2.22. The molecule has 1 aliphatic rings. The Hall–Kier alpha value is -1.73. The maximum Gasteiger partial charge on any atom is 0.0192 e. The van der Waals surface area contributed by atoms with Crippen LogP contribution in [0.3, 0.4) is 0 Å². The molecule has 0 amide bonds. The lowest BCUT2D eigenvalue weighted by Crippen LogP contribution is -2.21. The maximum absolute atomic E-state index is 3.60. The van der Waals surface area contributed by atoms with E-state index in [9.17, 15) is 0 Å². The van der Waals surface area contributed by atoms with E-state index in [4.69, 9.17) is 0 Å². The summed E-state index contributed by atoms with van der Waals surface area (Å²) in [6.07, 6.45) is 3.71. The van der Waals surface area contributed by atoms with Crippen LogP contribution in [0.2, 0.25) is 0 Å².